The van der Waals surface area contributed by atoms with E-state index >= 15 is 0 Å². The molecule has 1 N–H and O–H groups in total. The minimum absolute atomic E-state index is 0.0863. The Labute approximate surface area is 141 Å². The first-order chi connectivity index (χ1) is 11.4. The maximum absolute atomic E-state index is 11.5. The number of para-hydroxylation sites is 1. The van der Waals surface area contributed by atoms with Crippen LogP contribution in [0, 0.1) is 6.92 Å². The van der Waals surface area contributed by atoms with Gasteiger partial charge in [0.2, 0.25) is 0 Å². The van der Waals surface area contributed by atoms with Crippen molar-refractivity contribution >= 4 is 10.1 Å². The second-order valence-electron chi connectivity index (χ2n) is 5.64. The zero-order valence-electron chi connectivity index (χ0n) is 13.4. The van der Waals surface area contributed by atoms with Gasteiger partial charge in [0.15, 0.2) is 11.5 Å². The summed E-state index contributed by atoms with van der Waals surface area (Å²) in [6, 6.07) is 10.3. The van der Waals surface area contributed by atoms with E-state index < -0.39 is 10.1 Å². The average Bonchev–Trinajstić information content (AvgIpc) is 2.56. The van der Waals surface area contributed by atoms with Crippen molar-refractivity contribution in [1.29, 1.82) is 0 Å². The predicted octanol–water partition coefficient (Wildman–Crippen LogP) is 4.03. The van der Waals surface area contributed by atoms with Gasteiger partial charge in [0.25, 0.3) is 10.1 Å². The molecular formula is C18H18O5S. The second-order valence-corrected chi connectivity index (χ2v) is 7.06. The van der Waals surface area contributed by atoms with Gasteiger partial charge in [0.05, 0.1) is 4.90 Å². The minimum Gasteiger partial charge on any atom is -0.458 e. The quantitative estimate of drug-likeness (QED) is 0.846. The van der Waals surface area contributed by atoms with Crippen molar-refractivity contribution in [3.05, 3.63) is 65.6 Å². The van der Waals surface area contributed by atoms with Gasteiger partial charge in [-0.3, -0.25) is 4.55 Å². The topological polar surface area (TPSA) is 72.8 Å². The first kappa shape index (κ1) is 16.5. The van der Waals surface area contributed by atoms with E-state index in [1.807, 2.05) is 32.0 Å². The van der Waals surface area contributed by atoms with Gasteiger partial charge in [0.1, 0.15) is 12.5 Å². The van der Waals surface area contributed by atoms with Crippen LogP contribution in [0.15, 0.2) is 53.8 Å². The molecule has 0 radical (unpaired) electrons. The molecular weight excluding hydrogens is 328 g/mol. The molecule has 0 amide bonds. The van der Waals surface area contributed by atoms with Gasteiger partial charge < -0.3 is 9.47 Å². The molecule has 0 saturated carbocycles. The lowest BCUT2D eigenvalue weighted by molar-refractivity contribution is 0.357. The molecule has 1 heterocycles. The minimum atomic E-state index is -4.25. The van der Waals surface area contributed by atoms with Crippen LogP contribution in [0.3, 0.4) is 0 Å². The summed E-state index contributed by atoms with van der Waals surface area (Å²) in [7, 11) is -4.25. The summed E-state index contributed by atoms with van der Waals surface area (Å²) >= 11 is 0. The highest BCUT2D eigenvalue weighted by atomic mass is 32.2. The van der Waals surface area contributed by atoms with E-state index in [4.69, 9.17) is 9.47 Å². The van der Waals surface area contributed by atoms with Gasteiger partial charge in [-0.1, -0.05) is 25.1 Å². The lowest BCUT2D eigenvalue weighted by Gasteiger charge is -2.23. The fraction of sp³-hybridized carbons (Fsp3) is 0.222. The molecule has 126 valence electrons. The summed E-state index contributed by atoms with van der Waals surface area (Å²) < 4.78 is 43.4. The number of hydrogen-bond donors (Lipinski definition) is 1. The summed E-state index contributed by atoms with van der Waals surface area (Å²) in [6.45, 7) is 3.93. The van der Waals surface area contributed by atoms with Gasteiger partial charge in [-0.05, 0) is 42.7 Å². The van der Waals surface area contributed by atoms with Gasteiger partial charge in [-0.2, -0.15) is 8.42 Å². The Balaban J connectivity index is 2.15. The highest BCUT2D eigenvalue weighted by Crippen LogP contribution is 2.42. The van der Waals surface area contributed by atoms with E-state index in [1.165, 1.54) is 24.7 Å². The molecule has 1 unspecified atom stereocenters. The van der Waals surface area contributed by atoms with Gasteiger partial charge >= 0.3 is 0 Å². The summed E-state index contributed by atoms with van der Waals surface area (Å²) in [5, 5.41) is 0. The van der Waals surface area contributed by atoms with E-state index in [0.717, 1.165) is 23.1 Å². The first-order valence-electron chi connectivity index (χ1n) is 7.61. The molecule has 5 nitrogen and oxygen atoms in total. The molecule has 0 bridgehead atoms. The maximum atomic E-state index is 11.5. The van der Waals surface area contributed by atoms with Crippen LogP contribution < -0.4 is 9.47 Å². The van der Waals surface area contributed by atoms with Crippen LogP contribution >= 0.6 is 0 Å². The molecule has 3 rings (SSSR count). The van der Waals surface area contributed by atoms with Gasteiger partial charge in [-0.25, -0.2) is 0 Å². The summed E-state index contributed by atoms with van der Waals surface area (Å²) in [5.41, 5.74) is 2.69. The van der Waals surface area contributed by atoms with Gasteiger partial charge in [-0.15, -0.1) is 0 Å². The van der Waals surface area contributed by atoms with E-state index in [-0.39, 0.29) is 10.8 Å². The summed E-state index contributed by atoms with van der Waals surface area (Å²) in [5.74, 6) is 1.16. The summed E-state index contributed by atoms with van der Waals surface area (Å²) in [6.07, 6.45) is 3.68. The molecule has 2 aromatic rings. The van der Waals surface area contributed by atoms with Crippen molar-refractivity contribution in [3.8, 4) is 11.5 Å². The number of ether oxygens (including phenoxy) is 2. The van der Waals surface area contributed by atoms with Crippen molar-refractivity contribution in [3.63, 3.8) is 0 Å². The monoisotopic (exact) mass is 346 g/mol. The number of rotatable bonds is 4. The van der Waals surface area contributed by atoms with Crippen LogP contribution in [0.4, 0.5) is 0 Å². The second kappa shape index (κ2) is 6.30. The third kappa shape index (κ3) is 3.02. The Morgan fingerprint density at radius 2 is 1.83 bits per heavy atom. The Morgan fingerprint density at radius 3 is 2.54 bits per heavy atom. The Bertz CT molecular complexity index is 900. The molecule has 6 heteroatoms. The fourth-order valence-electron chi connectivity index (χ4n) is 2.98. The Kier molecular flexibility index (Phi) is 4.34. The van der Waals surface area contributed by atoms with E-state index in [0.29, 0.717) is 11.5 Å². The molecule has 1 atom stereocenters. The molecule has 0 saturated heterocycles. The third-order valence-electron chi connectivity index (χ3n) is 4.15. The predicted molar refractivity (Wildman–Crippen MR) is 90.0 cm³/mol. The largest absolute Gasteiger partial charge is 0.458 e. The van der Waals surface area contributed by atoms with Gasteiger partial charge in [0, 0.05) is 11.5 Å². The van der Waals surface area contributed by atoms with Crippen molar-refractivity contribution in [2.75, 3.05) is 0 Å². The van der Waals surface area contributed by atoms with Crippen LogP contribution in [0.1, 0.15) is 36.0 Å². The Hall–Kier alpha value is -2.31. The lowest BCUT2D eigenvalue weighted by Crippen LogP contribution is -2.08. The summed E-state index contributed by atoms with van der Waals surface area (Å²) in [4.78, 5) is -0.108. The lowest BCUT2D eigenvalue weighted by atomic mass is 9.86. The number of aryl methyl sites for hydroxylation is 1. The highest BCUT2D eigenvalue weighted by Gasteiger charge is 2.24. The van der Waals surface area contributed by atoms with E-state index in [2.05, 4.69) is 0 Å². The number of benzene rings is 2. The van der Waals surface area contributed by atoms with E-state index in [1.54, 1.807) is 6.07 Å². The molecule has 0 fully saturated rings. The zero-order valence-corrected chi connectivity index (χ0v) is 14.2. The SMILES string of the molecule is CCC(c1cc(S(=O)(=O)O)ccc1C)c1cccc2c1OC=CO2. The maximum Gasteiger partial charge on any atom is 0.294 e. The van der Waals surface area contributed by atoms with E-state index in [9.17, 15) is 13.0 Å². The van der Waals surface area contributed by atoms with Crippen molar-refractivity contribution in [2.24, 2.45) is 0 Å². The van der Waals surface area contributed by atoms with Crippen LogP contribution in [0.2, 0.25) is 0 Å². The van der Waals surface area contributed by atoms with Crippen LogP contribution in [0.25, 0.3) is 0 Å². The van der Waals surface area contributed by atoms with Crippen LogP contribution in [0.5, 0.6) is 11.5 Å². The third-order valence-corrected chi connectivity index (χ3v) is 5.00. The molecule has 2 aromatic carbocycles. The fourth-order valence-corrected chi connectivity index (χ4v) is 3.50. The molecule has 1 aliphatic rings. The number of hydrogen-bond acceptors (Lipinski definition) is 4. The first-order valence-corrected chi connectivity index (χ1v) is 9.05. The van der Waals surface area contributed by atoms with Crippen LogP contribution in [-0.2, 0) is 10.1 Å². The van der Waals surface area contributed by atoms with Crippen molar-refractivity contribution in [2.45, 2.75) is 31.1 Å². The van der Waals surface area contributed by atoms with Crippen molar-refractivity contribution < 1.29 is 22.4 Å². The Morgan fingerprint density at radius 1 is 1.08 bits per heavy atom. The molecule has 1 aliphatic heterocycles. The zero-order chi connectivity index (χ0) is 17.3. The average molecular weight is 346 g/mol. The molecule has 0 aromatic heterocycles. The smallest absolute Gasteiger partial charge is 0.294 e. The molecule has 24 heavy (non-hydrogen) atoms. The number of fused-ring (bicyclic) bond motifs is 1. The van der Waals surface area contributed by atoms with Crippen LogP contribution in [-0.4, -0.2) is 13.0 Å². The van der Waals surface area contributed by atoms with Crippen molar-refractivity contribution in [1.82, 2.24) is 0 Å². The highest BCUT2D eigenvalue weighted by molar-refractivity contribution is 7.85. The standard InChI is InChI=1S/C18H18O5S/c1-3-14(15-5-4-6-17-18(15)23-10-9-22-17)16-11-13(24(19,20)21)8-7-12(16)2/h4-11,14H,3H2,1-2H3,(H,19,20,21). The molecule has 0 aliphatic carbocycles. The normalized spacial score (nSPS) is 14.5. The molecule has 0 spiro atoms.